The van der Waals surface area contributed by atoms with Crippen LogP contribution < -0.4 is 0 Å². The Morgan fingerprint density at radius 3 is 2.86 bits per heavy atom. The lowest BCUT2D eigenvalue weighted by Crippen LogP contribution is -2.07. The number of aromatic nitrogens is 3. The Hall–Kier alpha value is -1.78. The molecule has 1 aromatic carbocycles. The number of halogens is 1. The number of nitrogens with zero attached hydrogens (tertiary/aromatic N) is 3. The number of benzene rings is 1. The van der Waals surface area contributed by atoms with Gasteiger partial charge >= 0.3 is 0 Å². The topological polar surface area (TPSA) is 30.7 Å². The molecule has 4 rings (SSSR count). The first-order chi connectivity index (χ1) is 10.2. The van der Waals surface area contributed by atoms with Crippen molar-refractivity contribution in [1.29, 1.82) is 0 Å². The van der Waals surface area contributed by atoms with E-state index < -0.39 is 0 Å². The molecule has 0 aliphatic carbocycles. The summed E-state index contributed by atoms with van der Waals surface area (Å²) in [5.74, 6) is 0.684. The Labute approximate surface area is 132 Å². The molecule has 5 heteroatoms. The molecule has 104 valence electrons. The number of fused-ring (bicyclic) bond motifs is 3. The fraction of sp³-hybridized carbons (Fsp3) is 0.125. The van der Waals surface area contributed by atoms with E-state index in [2.05, 4.69) is 18.0 Å². The van der Waals surface area contributed by atoms with Gasteiger partial charge in [-0.1, -0.05) is 11.6 Å². The zero-order valence-electron chi connectivity index (χ0n) is 11.3. The van der Waals surface area contributed by atoms with Gasteiger partial charge < -0.3 is 0 Å². The largest absolute Gasteiger partial charge is 0.293 e. The van der Waals surface area contributed by atoms with Crippen LogP contribution in [0.15, 0.2) is 53.8 Å². The van der Waals surface area contributed by atoms with Crippen LogP contribution in [0.3, 0.4) is 0 Å². The van der Waals surface area contributed by atoms with Gasteiger partial charge in [-0.25, -0.2) is 9.97 Å². The molecule has 1 unspecified atom stereocenters. The zero-order valence-corrected chi connectivity index (χ0v) is 12.9. The predicted octanol–water partition coefficient (Wildman–Crippen LogP) is 4.75. The van der Waals surface area contributed by atoms with E-state index in [1.54, 1.807) is 0 Å². The molecule has 0 saturated heterocycles. The van der Waals surface area contributed by atoms with Gasteiger partial charge in [-0.3, -0.25) is 4.57 Å². The predicted molar refractivity (Wildman–Crippen MR) is 86.1 cm³/mol. The minimum Gasteiger partial charge on any atom is -0.293 e. The standard InChI is InChI=1S/C16H12ClN3S/c1-10-13-9-18-16(20-6-2-3-7-20)19-15(13)12-8-11(17)4-5-14(12)21-10/h2-10H,1H3. The summed E-state index contributed by atoms with van der Waals surface area (Å²) in [6, 6.07) is 9.91. The molecule has 0 radical (unpaired) electrons. The Morgan fingerprint density at radius 2 is 2.05 bits per heavy atom. The summed E-state index contributed by atoms with van der Waals surface area (Å²) in [5, 5.41) is 1.07. The van der Waals surface area contributed by atoms with Gasteiger partial charge in [0.2, 0.25) is 5.95 Å². The lowest BCUT2D eigenvalue weighted by Gasteiger charge is -2.24. The van der Waals surface area contributed by atoms with Crippen molar-refractivity contribution in [2.24, 2.45) is 0 Å². The number of thioether (sulfide) groups is 1. The fourth-order valence-electron chi connectivity index (χ4n) is 2.53. The molecule has 1 aliphatic heterocycles. The smallest absolute Gasteiger partial charge is 0.234 e. The van der Waals surface area contributed by atoms with Crippen molar-refractivity contribution in [3.63, 3.8) is 0 Å². The maximum Gasteiger partial charge on any atom is 0.234 e. The third-order valence-electron chi connectivity index (χ3n) is 3.58. The minimum absolute atomic E-state index is 0.340. The van der Waals surface area contributed by atoms with Crippen molar-refractivity contribution >= 4 is 23.4 Å². The Morgan fingerprint density at radius 1 is 1.24 bits per heavy atom. The van der Waals surface area contributed by atoms with Crippen LogP contribution in [0.1, 0.15) is 17.7 Å². The van der Waals surface area contributed by atoms with E-state index >= 15 is 0 Å². The second kappa shape index (κ2) is 4.90. The lowest BCUT2D eigenvalue weighted by atomic mass is 10.0. The van der Waals surface area contributed by atoms with E-state index in [0.717, 1.165) is 21.8 Å². The van der Waals surface area contributed by atoms with E-state index in [1.807, 2.05) is 59.2 Å². The van der Waals surface area contributed by atoms with Crippen molar-refractivity contribution in [2.45, 2.75) is 17.1 Å². The minimum atomic E-state index is 0.340. The van der Waals surface area contributed by atoms with Crippen molar-refractivity contribution < 1.29 is 0 Å². The molecule has 0 amide bonds. The number of hydrogen-bond donors (Lipinski definition) is 0. The highest BCUT2D eigenvalue weighted by molar-refractivity contribution is 7.99. The van der Waals surface area contributed by atoms with Crippen LogP contribution in [0, 0.1) is 0 Å². The highest BCUT2D eigenvalue weighted by Crippen LogP contribution is 2.48. The Bertz CT molecular complexity index is 814. The molecule has 2 aromatic heterocycles. The van der Waals surface area contributed by atoms with Gasteiger partial charge in [0.15, 0.2) is 0 Å². The summed E-state index contributed by atoms with van der Waals surface area (Å²) >= 11 is 7.98. The van der Waals surface area contributed by atoms with E-state index in [4.69, 9.17) is 16.6 Å². The van der Waals surface area contributed by atoms with E-state index in [1.165, 1.54) is 4.90 Å². The first kappa shape index (κ1) is 12.9. The molecule has 1 atom stereocenters. The SMILES string of the molecule is CC1Sc2ccc(Cl)cc2-c2nc(-n3cccc3)ncc21. The summed E-state index contributed by atoms with van der Waals surface area (Å²) < 4.78 is 1.91. The number of hydrogen-bond acceptors (Lipinski definition) is 3. The molecule has 3 heterocycles. The second-order valence-corrected chi connectivity index (χ2v) is 6.78. The monoisotopic (exact) mass is 313 g/mol. The second-order valence-electron chi connectivity index (χ2n) is 4.96. The molecule has 0 bridgehead atoms. The average Bonchev–Trinajstić information content (AvgIpc) is 3.02. The summed E-state index contributed by atoms with van der Waals surface area (Å²) in [5.41, 5.74) is 3.24. The summed E-state index contributed by atoms with van der Waals surface area (Å²) in [6.45, 7) is 2.18. The van der Waals surface area contributed by atoms with Crippen molar-refractivity contribution in [3.8, 4) is 17.2 Å². The van der Waals surface area contributed by atoms with Crippen LogP contribution >= 0.6 is 23.4 Å². The molecule has 0 saturated carbocycles. The maximum atomic E-state index is 6.16. The molecule has 1 aliphatic rings. The molecule has 3 aromatic rings. The normalized spacial score (nSPS) is 16.4. The fourth-order valence-corrected chi connectivity index (χ4v) is 3.81. The first-order valence-electron chi connectivity index (χ1n) is 6.69. The highest BCUT2D eigenvalue weighted by atomic mass is 35.5. The van der Waals surface area contributed by atoms with Gasteiger partial charge in [0.05, 0.1) is 5.69 Å². The van der Waals surface area contributed by atoms with E-state index in [0.29, 0.717) is 11.2 Å². The van der Waals surface area contributed by atoms with Crippen molar-refractivity contribution in [3.05, 3.63) is 59.5 Å². The van der Waals surface area contributed by atoms with Crippen LogP contribution in [0.5, 0.6) is 0 Å². The summed E-state index contributed by atoms with van der Waals surface area (Å²) in [7, 11) is 0. The van der Waals surface area contributed by atoms with Gasteiger partial charge in [-0.15, -0.1) is 11.8 Å². The van der Waals surface area contributed by atoms with Gasteiger partial charge in [0, 0.05) is 44.9 Å². The highest BCUT2D eigenvalue weighted by Gasteiger charge is 2.25. The zero-order chi connectivity index (χ0) is 14.4. The van der Waals surface area contributed by atoms with E-state index in [-0.39, 0.29) is 0 Å². The molecular weight excluding hydrogens is 302 g/mol. The molecule has 3 nitrogen and oxygen atoms in total. The first-order valence-corrected chi connectivity index (χ1v) is 7.95. The average molecular weight is 314 g/mol. The van der Waals surface area contributed by atoms with Crippen LogP contribution in [-0.4, -0.2) is 14.5 Å². The maximum absolute atomic E-state index is 6.16. The summed E-state index contributed by atoms with van der Waals surface area (Å²) in [6.07, 6.45) is 5.82. The van der Waals surface area contributed by atoms with Crippen LogP contribution in [0.2, 0.25) is 5.02 Å². The Kier molecular flexibility index (Phi) is 3.01. The molecule has 0 fully saturated rings. The van der Waals surface area contributed by atoms with Gasteiger partial charge in [-0.05, 0) is 37.3 Å². The van der Waals surface area contributed by atoms with Gasteiger partial charge in [0.1, 0.15) is 0 Å². The molecule has 0 spiro atoms. The number of rotatable bonds is 1. The van der Waals surface area contributed by atoms with Crippen LogP contribution in [0.25, 0.3) is 17.2 Å². The van der Waals surface area contributed by atoms with E-state index in [9.17, 15) is 0 Å². The summed E-state index contributed by atoms with van der Waals surface area (Å²) in [4.78, 5) is 10.5. The molecular formula is C16H12ClN3S. The van der Waals surface area contributed by atoms with Crippen molar-refractivity contribution in [2.75, 3.05) is 0 Å². The molecule has 0 N–H and O–H groups in total. The lowest BCUT2D eigenvalue weighted by molar-refractivity contribution is 0.910. The third kappa shape index (κ3) is 2.15. The molecule has 21 heavy (non-hydrogen) atoms. The van der Waals surface area contributed by atoms with Crippen LogP contribution in [0.4, 0.5) is 0 Å². The van der Waals surface area contributed by atoms with Gasteiger partial charge in [0.25, 0.3) is 0 Å². The quantitative estimate of drug-likeness (QED) is 0.649. The Balaban J connectivity index is 1.95. The van der Waals surface area contributed by atoms with Crippen molar-refractivity contribution in [1.82, 2.24) is 14.5 Å². The van der Waals surface area contributed by atoms with Gasteiger partial charge in [-0.2, -0.15) is 0 Å². The third-order valence-corrected chi connectivity index (χ3v) is 5.03. The van der Waals surface area contributed by atoms with Crippen LogP contribution in [-0.2, 0) is 0 Å².